The number of methoxy groups -OCH3 is 1. The van der Waals surface area contributed by atoms with E-state index in [2.05, 4.69) is 28.7 Å². The number of fused-ring (bicyclic) bond motifs is 1. The lowest BCUT2D eigenvalue weighted by molar-refractivity contribution is 0.198. The van der Waals surface area contributed by atoms with Crippen LogP contribution in [0.1, 0.15) is 25.7 Å². The van der Waals surface area contributed by atoms with Crippen LogP contribution in [0.15, 0.2) is 18.2 Å². The molecule has 0 spiro atoms. The molecule has 1 heterocycles. The normalized spacial score (nSPS) is 11.6. The smallest absolute Gasteiger partial charge is 0.151 e. The van der Waals surface area contributed by atoms with Gasteiger partial charge in [-0.15, -0.1) is 0 Å². The first-order chi connectivity index (χ1) is 9.15. The van der Waals surface area contributed by atoms with Gasteiger partial charge in [-0.3, -0.25) is 0 Å². The molecule has 19 heavy (non-hydrogen) atoms. The summed E-state index contributed by atoms with van der Waals surface area (Å²) in [4.78, 5) is 4.42. The zero-order chi connectivity index (χ0) is 13.8. The number of para-hydroxylation sites is 1. The summed E-state index contributed by atoms with van der Waals surface area (Å²) in [6.45, 7) is 6.15. The summed E-state index contributed by atoms with van der Waals surface area (Å²) in [5, 5.41) is 3.25. The zero-order valence-electron chi connectivity index (χ0n) is 11.6. The number of ether oxygens (including phenoxy) is 1. The third-order valence-electron chi connectivity index (χ3n) is 3.03. The van der Waals surface area contributed by atoms with Gasteiger partial charge in [-0.1, -0.05) is 6.07 Å². The maximum Gasteiger partial charge on any atom is 0.151 e. The molecule has 0 radical (unpaired) electrons. The van der Waals surface area contributed by atoms with Crippen LogP contribution in [0.5, 0.6) is 0 Å². The second-order valence-electron chi connectivity index (χ2n) is 4.77. The van der Waals surface area contributed by atoms with Crippen LogP contribution in [-0.2, 0) is 11.3 Å². The molecule has 2 aromatic rings. The lowest BCUT2D eigenvalue weighted by Gasteiger charge is -2.13. The maximum atomic E-state index is 13.8. The fourth-order valence-electron chi connectivity index (χ4n) is 2.21. The van der Waals surface area contributed by atoms with Crippen LogP contribution in [0.2, 0.25) is 0 Å². The zero-order valence-corrected chi connectivity index (χ0v) is 11.6. The minimum Gasteiger partial charge on any atom is -0.383 e. The van der Waals surface area contributed by atoms with E-state index >= 15 is 0 Å². The van der Waals surface area contributed by atoms with E-state index in [0.717, 1.165) is 17.9 Å². The first kappa shape index (κ1) is 14.0. The highest BCUT2D eigenvalue weighted by Gasteiger charge is 2.15. The summed E-state index contributed by atoms with van der Waals surface area (Å²) in [6.07, 6.45) is 0. The van der Waals surface area contributed by atoms with E-state index in [1.54, 1.807) is 13.2 Å². The summed E-state index contributed by atoms with van der Waals surface area (Å²) in [5.74, 6) is 0.584. The Labute approximate surface area is 112 Å². The van der Waals surface area contributed by atoms with Crippen LogP contribution in [0, 0.1) is 5.82 Å². The van der Waals surface area contributed by atoms with Gasteiger partial charge in [-0.25, -0.2) is 9.37 Å². The second-order valence-corrected chi connectivity index (χ2v) is 4.77. The van der Waals surface area contributed by atoms with Gasteiger partial charge in [0, 0.05) is 19.7 Å². The minimum absolute atomic E-state index is 0.242. The van der Waals surface area contributed by atoms with Crippen LogP contribution in [0.3, 0.4) is 0 Å². The molecule has 0 aliphatic rings. The Morgan fingerprint density at radius 2 is 2.21 bits per heavy atom. The highest BCUT2D eigenvalue weighted by Crippen LogP contribution is 2.22. The number of nitrogens with zero attached hydrogens (tertiary/aromatic N) is 2. The molecule has 0 saturated heterocycles. The molecule has 0 aliphatic carbocycles. The molecule has 104 valence electrons. The van der Waals surface area contributed by atoms with E-state index < -0.39 is 0 Å². The van der Waals surface area contributed by atoms with Gasteiger partial charge in [0.05, 0.1) is 18.7 Å². The van der Waals surface area contributed by atoms with Gasteiger partial charge < -0.3 is 14.6 Å². The third kappa shape index (κ3) is 2.93. The summed E-state index contributed by atoms with van der Waals surface area (Å²) in [6, 6.07) is 5.32. The lowest BCUT2D eigenvalue weighted by Crippen LogP contribution is -2.21. The highest BCUT2D eigenvalue weighted by molar-refractivity contribution is 5.76. The van der Waals surface area contributed by atoms with Gasteiger partial charge in [0.15, 0.2) is 5.82 Å². The molecule has 0 fully saturated rings. The topological polar surface area (TPSA) is 39.1 Å². The van der Waals surface area contributed by atoms with Crippen molar-refractivity contribution in [2.75, 3.05) is 20.3 Å². The Kier molecular flexibility index (Phi) is 4.50. The van der Waals surface area contributed by atoms with Crippen LogP contribution < -0.4 is 5.32 Å². The number of benzene rings is 1. The molecule has 4 nitrogen and oxygen atoms in total. The van der Waals surface area contributed by atoms with E-state index in [0.29, 0.717) is 18.7 Å². The van der Waals surface area contributed by atoms with Crippen molar-refractivity contribution in [3.8, 4) is 0 Å². The third-order valence-corrected chi connectivity index (χ3v) is 3.03. The average molecular weight is 265 g/mol. The van der Waals surface area contributed by atoms with Crippen molar-refractivity contribution >= 4 is 11.0 Å². The van der Waals surface area contributed by atoms with E-state index in [-0.39, 0.29) is 11.9 Å². The van der Waals surface area contributed by atoms with E-state index in [1.807, 2.05) is 6.07 Å². The number of aromatic nitrogens is 2. The number of imidazole rings is 1. The van der Waals surface area contributed by atoms with Crippen molar-refractivity contribution in [2.45, 2.75) is 26.4 Å². The first-order valence-electron chi connectivity index (χ1n) is 6.50. The summed E-state index contributed by atoms with van der Waals surface area (Å²) in [7, 11) is 1.67. The second kappa shape index (κ2) is 6.12. The van der Waals surface area contributed by atoms with Crippen LogP contribution >= 0.6 is 0 Å². The van der Waals surface area contributed by atoms with Crippen LogP contribution in [0.25, 0.3) is 11.0 Å². The molecule has 1 N–H and O–H groups in total. The highest BCUT2D eigenvalue weighted by atomic mass is 19.1. The fraction of sp³-hybridized carbons (Fsp3) is 0.500. The average Bonchev–Trinajstić information content (AvgIpc) is 2.74. The van der Waals surface area contributed by atoms with Gasteiger partial charge in [0.1, 0.15) is 11.3 Å². The van der Waals surface area contributed by atoms with Gasteiger partial charge >= 0.3 is 0 Å². The largest absolute Gasteiger partial charge is 0.383 e. The molecule has 0 amide bonds. The Hall–Kier alpha value is -1.46. The molecule has 5 heteroatoms. The van der Waals surface area contributed by atoms with Crippen LogP contribution in [0.4, 0.5) is 4.39 Å². The van der Waals surface area contributed by atoms with Crippen molar-refractivity contribution in [1.82, 2.24) is 14.9 Å². The molecule has 1 aromatic heterocycles. The van der Waals surface area contributed by atoms with Gasteiger partial charge in [-0.2, -0.15) is 0 Å². The van der Waals surface area contributed by atoms with Crippen molar-refractivity contribution in [1.29, 1.82) is 0 Å². The molecular formula is C14H20FN3O. The van der Waals surface area contributed by atoms with E-state index in [9.17, 15) is 4.39 Å². The fourth-order valence-corrected chi connectivity index (χ4v) is 2.21. The standard InChI is InChI=1S/C14H20FN3O/c1-10(2)18-12-6-4-5-11(15)14(12)17-13(18)9-16-7-8-19-3/h4-6,10,16H,7-9H2,1-3H3. The summed E-state index contributed by atoms with van der Waals surface area (Å²) in [5.41, 5.74) is 1.29. The Morgan fingerprint density at radius 3 is 2.89 bits per heavy atom. The molecular weight excluding hydrogens is 245 g/mol. The molecule has 0 saturated carbocycles. The van der Waals surface area contributed by atoms with E-state index in [1.165, 1.54) is 6.07 Å². The molecule has 0 bridgehead atoms. The van der Waals surface area contributed by atoms with E-state index in [4.69, 9.17) is 4.74 Å². The predicted octanol–water partition coefficient (Wildman–Crippen LogP) is 2.49. The number of nitrogens with one attached hydrogen (secondary N) is 1. The van der Waals surface area contributed by atoms with Crippen molar-refractivity contribution in [3.63, 3.8) is 0 Å². The summed E-state index contributed by atoms with van der Waals surface area (Å²) >= 11 is 0. The number of hydrogen-bond acceptors (Lipinski definition) is 3. The molecule has 0 atom stereocenters. The number of rotatable bonds is 6. The van der Waals surface area contributed by atoms with Gasteiger partial charge in [0.2, 0.25) is 0 Å². The Bertz CT molecular complexity index is 551. The van der Waals surface area contributed by atoms with Crippen molar-refractivity contribution in [2.24, 2.45) is 0 Å². The summed E-state index contributed by atoms with van der Waals surface area (Å²) < 4.78 is 20.8. The minimum atomic E-state index is -0.268. The van der Waals surface area contributed by atoms with Gasteiger partial charge in [0.25, 0.3) is 0 Å². The van der Waals surface area contributed by atoms with Crippen LogP contribution in [-0.4, -0.2) is 29.8 Å². The number of hydrogen-bond donors (Lipinski definition) is 1. The molecule has 0 unspecified atom stereocenters. The molecule has 1 aromatic carbocycles. The predicted molar refractivity (Wildman–Crippen MR) is 73.7 cm³/mol. The Balaban J connectivity index is 2.31. The van der Waals surface area contributed by atoms with Crippen molar-refractivity contribution in [3.05, 3.63) is 29.8 Å². The molecule has 2 rings (SSSR count). The quantitative estimate of drug-likeness (QED) is 0.816. The monoisotopic (exact) mass is 265 g/mol. The van der Waals surface area contributed by atoms with Crippen molar-refractivity contribution < 1.29 is 9.13 Å². The Morgan fingerprint density at radius 1 is 1.42 bits per heavy atom. The lowest BCUT2D eigenvalue weighted by atomic mass is 10.3. The van der Waals surface area contributed by atoms with Gasteiger partial charge in [-0.05, 0) is 26.0 Å². The first-order valence-corrected chi connectivity index (χ1v) is 6.50. The maximum absolute atomic E-state index is 13.8. The SMILES string of the molecule is COCCNCc1nc2c(F)cccc2n1C(C)C. The molecule has 0 aliphatic heterocycles. The number of halogens is 1.